The van der Waals surface area contributed by atoms with Gasteiger partial charge in [-0.15, -0.1) is 0 Å². The van der Waals surface area contributed by atoms with Gasteiger partial charge in [-0.3, -0.25) is 4.79 Å². The molecule has 1 N–H and O–H groups in total. The van der Waals surface area contributed by atoms with Crippen LogP contribution >= 0.6 is 31.9 Å². The Hall–Kier alpha value is -0.600. The summed E-state index contributed by atoms with van der Waals surface area (Å²) in [4.78, 5) is 11.6. The summed E-state index contributed by atoms with van der Waals surface area (Å²) < 4.78 is 41.7. The van der Waals surface area contributed by atoms with Crippen molar-refractivity contribution in [1.29, 1.82) is 0 Å². The van der Waals surface area contributed by atoms with Crippen molar-refractivity contribution >= 4 is 43.5 Å². The van der Waals surface area contributed by atoms with Crippen LogP contribution in [0, 0.1) is 0 Å². The fourth-order valence-corrected chi connectivity index (χ4v) is 2.27. The summed E-state index contributed by atoms with van der Waals surface area (Å²) >= 11 is 6.48. The van der Waals surface area contributed by atoms with Crippen LogP contribution in [-0.4, -0.2) is 24.8 Å². The first kappa shape index (κ1) is 16.5. The van der Waals surface area contributed by atoms with E-state index < -0.39 is 24.8 Å². The van der Waals surface area contributed by atoms with Gasteiger partial charge >= 0.3 is 6.18 Å². The zero-order valence-corrected chi connectivity index (χ0v) is 12.9. The number of nitrogens with one attached hydrogen (secondary N) is 1. The molecule has 1 rings (SSSR count). The van der Waals surface area contributed by atoms with Crippen LogP contribution in [0.2, 0.25) is 0 Å². The van der Waals surface area contributed by atoms with Crippen LogP contribution in [0.3, 0.4) is 0 Å². The molecule has 1 aromatic carbocycles. The van der Waals surface area contributed by atoms with Gasteiger partial charge in [-0.25, -0.2) is 0 Å². The predicted molar refractivity (Wildman–Crippen MR) is 71.9 cm³/mol. The lowest BCUT2D eigenvalue weighted by molar-refractivity contribution is -0.184. The molecule has 1 aromatic rings. The van der Waals surface area contributed by atoms with E-state index in [0.29, 0.717) is 10.2 Å². The molecule has 8 heteroatoms. The van der Waals surface area contributed by atoms with E-state index in [0.717, 1.165) is 4.47 Å². The monoisotopic (exact) mass is 403 g/mol. The number of ether oxygens (including phenoxy) is 1. The van der Waals surface area contributed by atoms with Gasteiger partial charge in [0.15, 0.2) is 0 Å². The van der Waals surface area contributed by atoms with Gasteiger partial charge in [0.1, 0.15) is 12.7 Å². The predicted octanol–water partition coefficient (Wildman–Crippen LogP) is 4.12. The Kier molecular flexibility index (Phi) is 5.82. The average molecular weight is 405 g/mol. The standard InChI is InChI=1S/C11H10Br2F3NO2/c1-6(19-5-11(14,15)16)10(18)17-9-3-2-7(12)4-8(9)13/h2-4,6H,5H2,1H3,(H,17,18). The molecule has 0 saturated heterocycles. The van der Waals surface area contributed by atoms with Crippen LogP contribution in [0.1, 0.15) is 6.92 Å². The molecule has 0 fully saturated rings. The van der Waals surface area contributed by atoms with E-state index in [1.807, 2.05) is 0 Å². The molecule has 106 valence electrons. The van der Waals surface area contributed by atoms with Crippen LogP contribution < -0.4 is 5.32 Å². The van der Waals surface area contributed by atoms with Gasteiger partial charge < -0.3 is 10.1 Å². The van der Waals surface area contributed by atoms with Gasteiger partial charge in [-0.1, -0.05) is 15.9 Å². The smallest absolute Gasteiger partial charge is 0.359 e. The Labute approximate surface area is 124 Å². The SMILES string of the molecule is CC(OCC(F)(F)F)C(=O)Nc1ccc(Br)cc1Br. The number of carbonyl (C=O) groups is 1. The number of anilines is 1. The van der Waals surface area contributed by atoms with E-state index in [4.69, 9.17) is 0 Å². The minimum absolute atomic E-state index is 0.454. The highest BCUT2D eigenvalue weighted by Gasteiger charge is 2.30. The summed E-state index contributed by atoms with van der Waals surface area (Å²) in [7, 11) is 0. The quantitative estimate of drug-likeness (QED) is 0.819. The number of rotatable bonds is 4. The van der Waals surface area contributed by atoms with Crippen LogP contribution in [0.15, 0.2) is 27.1 Å². The fraction of sp³-hybridized carbons (Fsp3) is 0.364. The van der Waals surface area contributed by atoms with Crippen molar-refractivity contribution in [2.75, 3.05) is 11.9 Å². The summed E-state index contributed by atoms with van der Waals surface area (Å²) in [6.45, 7) is -0.197. The highest BCUT2D eigenvalue weighted by atomic mass is 79.9. The van der Waals surface area contributed by atoms with Crippen molar-refractivity contribution < 1.29 is 22.7 Å². The number of hydrogen-bond acceptors (Lipinski definition) is 2. The summed E-state index contributed by atoms with van der Waals surface area (Å²) in [5.41, 5.74) is 0.454. The van der Waals surface area contributed by atoms with E-state index in [1.165, 1.54) is 6.92 Å². The number of carbonyl (C=O) groups excluding carboxylic acids is 1. The van der Waals surface area contributed by atoms with E-state index in [-0.39, 0.29) is 0 Å². The van der Waals surface area contributed by atoms with E-state index in [2.05, 4.69) is 41.9 Å². The fourth-order valence-electron chi connectivity index (χ4n) is 1.12. The molecule has 0 aromatic heterocycles. The Balaban J connectivity index is 2.59. The zero-order valence-electron chi connectivity index (χ0n) is 9.72. The van der Waals surface area contributed by atoms with Crippen molar-refractivity contribution in [3.05, 3.63) is 27.1 Å². The molecule has 0 heterocycles. The molecule has 0 aliphatic rings. The lowest BCUT2D eigenvalue weighted by atomic mass is 10.3. The molecular formula is C11H10Br2F3NO2. The Morgan fingerprint density at radius 3 is 2.58 bits per heavy atom. The topological polar surface area (TPSA) is 38.3 Å². The molecule has 3 nitrogen and oxygen atoms in total. The maximum atomic E-state index is 11.9. The first-order valence-electron chi connectivity index (χ1n) is 5.13. The second-order valence-electron chi connectivity index (χ2n) is 3.68. The van der Waals surface area contributed by atoms with Gasteiger partial charge in [0, 0.05) is 8.95 Å². The molecule has 0 saturated carbocycles. The minimum atomic E-state index is -4.45. The molecule has 19 heavy (non-hydrogen) atoms. The third kappa shape index (κ3) is 5.92. The molecule has 0 aliphatic heterocycles. The molecule has 0 radical (unpaired) electrons. The lowest BCUT2D eigenvalue weighted by Crippen LogP contribution is -2.31. The number of hydrogen-bond donors (Lipinski definition) is 1. The summed E-state index contributed by atoms with van der Waals surface area (Å²) in [5, 5.41) is 2.47. The van der Waals surface area contributed by atoms with Gasteiger partial charge in [0.2, 0.25) is 0 Å². The Bertz CT molecular complexity index is 466. The van der Waals surface area contributed by atoms with Crippen molar-refractivity contribution in [1.82, 2.24) is 0 Å². The highest BCUT2D eigenvalue weighted by molar-refractivity contribution is 9.11. The Morgan fingerprint density at radius 1 is 1.42 bits per heavy atom. The summed E-state index contributed by atoms with van der Waals surface area (Å²) in [5.74, 6) is -0.646. The number of amides is 1. The van der Waals surface area contributed by atoms with Gasteiger partial charge in [-0.2, -0.15) is 13.2 Å². The zero-order chi connectivity index (χ0) is 14.6. The average Bonchev–Trinajstić information content (AvgIpc) is 2.28. The van der Waals surface area contributed by atoms with Crippen LogP contribution in [-0.2, 0) is 9.53 Å². The normalized spacial score (nSPS) is 13.2. The molecule has 0 aliphatic carbocycles. The summed E-state index contributed by atoms with van der Waals surface area (Å²) in [6, 6.07) is 5.01. The van der Waals surface area contributed by atoms with Gasteiger partial charge in [0.25, 0.3) is 5.91 Å². The number of benzene rings is 1. The lowest BCUT2D eigenvalue weighted by Gasteiger charge is -2.15. The molecule has 0 spiro atoms. The van der Waals surface area contributed by atoms with Crippen molar-refractivity contribution in [2.24, 2.45) is 0 Å². The molecule has 0 bridgehead atoms. The van der Waals surface area contributed by atoms with E-state index in [9.17, 15) is 18.0 Å². The van der Waals surface area contributed by atoms with E-state index >= 15 is 0 Å². The second-order valence-corrected chi connectivity index (χ2v) is 5.45. The van der Waals surface area contributed by atoms with Crippen molar-refractivity contribution in [2.45, 2.75) is 19.2 Å². The van der Waals surface area contributed by atoms with Crippen molar-refractivity contribution in [3.63, 3.8) is 0 Å². The molecule has 1 atom stereocenters. The van der Waals surface area contributed by atoms with Gasteiger partial charge in [0.05, 0.1) is 5.69 Å². The third-order valence-corrected chi connectivity index (χ3v) is 3.20. The van der Waals surface area contributed by atoms with Crippen LogP contribution in [0.5, 0.6) is 0 Å². The molecule has 1 unspecified atom stereocenters. The number of alkyl halides is 3. The van der Waals surface area contributed by atoms with Crippen LogP contribution in [0.25, 0.3) is 0 Å². The molecule has 1 amide bonds. The first-order valence-corrected chi connectivity index (χ1v) is 6.72. The largest absolute Gasteiger partial charge is 0.411 e. The Morgan fingerprint density at radius 2 is 2.05 bits per heavy atom. The highest BCUT2D eigenvalue weighted by Crippen LogP contribution is 2.26. The second kappa shape index (κ2) is 6.71. The number of halogens is 5. The van der Waals surface area contributed by atoms with E-state index in [1.54, 1.807) is 18.2 Å². The minimum Gasteiger partial charge on any atom is -0.359 e. The molecular weight excluding hydrogens is 395 g/mol. The van der Waals surface area contributed by atoms with Gasteiger partial charge in [-0.05, 0) is 41.1 Å². The summed E-state index contributed by atoms with van der Waals surface area (Å²) in [6.07, 6.45) is -5.65. The van der Waals surface area contributed by atoms with Crippen molar-refractivity contribution in [3.8, 4) is 0 Å². The third-order valence-electron chi connectivity index (χ3n) is 2.06. The van der Waals surface area contributed by atoms with Crippen LogP contribution in [0.4, 0.5) is 18.9 Å². The first-order chi connectivity index (χ1) is 8.69. The maximum Gasteiger partial charge on any atom is 0.411 e. The maximum absolute atomic E-state index is 11.9.